The summed E-state index contributed by atoms with van der Waals surface area (Å²) in [6.45, 7) is 11.3. The number of amides is 1. The van der Waals surface area contributed by atoms with Crippen molar-refractivity contribution in [1.29, 1.82) is 0 Å². The Hall–Kier alpha value is -0.570. The minimum Gasteiger partial charge on any atom is -0.342 e. The number of rotatable bonds is 2. The molecule has 98 valence electrons. The van der Waals surface area contributed by atoms with Crippen molar-refractivity contribution in [3.63, 3.8) is 0 Å². The number of carbonyl (C=O) groups is 1. The van der Waals surface area contributed by atoms with Gasteiger partial charge >= 0.3 is 0 Å². The van der Waals surface area contributed by atoms with Crippen LogP contribution >= 0.6 is 0 Å². The Morgan fingerprint density at radius 1 is 1.18 bits per heavy atom. The number of likely N-dealkylation sites (tertiary alicyclic amines) is 2. The van der Waals surface area contributed by atoms with Gasteiger partial charge in [-0.1, -0.05) is 0 Å². The normalized spacial score (nSPS) is 24.6. The van der Waals surface area contributed by atoms with Crippen LogP contribution in [0, 0.1) is 5.92 Å². The molecule has 3 nitrogen and oxygen atoms in total. The van der Waals surface area contributed by atoms with Crippen molar-refractivity contribution < 1.29 is 4.79 Å². The molecule has 3 heteroatoms. The number of nitrogens with zero attached hydrogens (tertiary/aromatic N) is 2. The summed E-state index contributed by atoms with van der Waals surface area (Å²) < 4.78 is 0. The lowest BCUT2D eigenvalue weighted by Gasteiger charge is -2.41. The van der Waals surface area contributed by atoms with E-state index in [0.29, 0.717) is 11.4 Å². The van der Waals surface area contributed by atoms with Crippen LogP contribution in [0.2, 0.25) is 0 Å². The zero-order valence-electron chi connectivity index (χ0n) is 11.5. The van der Waals surface area contributed by atoms with Crippen LogP contribution in [0.4, 0.5) is 0 Å². The van der Waals surface area contributed by atoms with Crippen LogP contribution in [-0.2, 0) is 4.79 Å². The van der Waals surface area contributed by atoms with Crippen molar-refractivity contribution in [3.05, 3.63) is 0 Å². The lowest BCUT2D eigenvalue weighted by Crippen LogP contribution is -2.47. The summed E-state index contributed by atoms with van der Waals surface area (Å²) in [4.78, 5) is 16.2. The summed E-state index contributed by atoms with van der Waals surface area (Å²) in [5, 5.41) is 0. The van der Waals surface area contributed by atoms with Crippen LogP contribution in [0.15, 0.2) is 0 Å². The van der Waals surface area contributed by atoms with Crippen LogP contribution in [0.3, 0.4) is 0 Å². The molecular formula is C14H26N2O. The van der Waals surface area contributed by atoms with Gasteiger partial charge in [-0.15, -0.1) is 0 Å². The van der Waals surface area contributed by atoms with Gasteiger partial charge in [-0.3, -0.25) is 9.69 Å². The fraction of sp³-hybridized carbons (Fsp3) is 0.929. The van der Waals surface area contributed by atoms with E-state index in [-0.39, 0.29) is 0 Å². The van der Waals surface area contributed by atoms with E-state index in [9.17, 15) is 4.79 Å². The average molecular weight is 238 g/mol. The topological polar surface area (TPSA) is 23.6 Å². The van der Waals surface area contributed by atoms with Gasteiger partial charge in [0.1, 0.15) is 0 Å². The monoisotopic (exact) mass is 238 g/mol. The van der Waals surface area contributed by atoms with Crippen LogP contribution in [0.25, 0.3) is 0 Å². The average Bonchev–Trinajstić information content (AvgIpc) is 2.64. The van der Waals surface area contributed by atoms with Gasteiger partial charge in [-0.2, -0.15) is 0 Å². The van der Waals surface area contributed by atoms with Gasteiger partial charge in [-0.05, 0) is 59.0 Å². The largest absolute Gasteiger partial charge is 0.342 e. The predicted octanol–water partition coefficient (Wildman–Crippen LogP) is 2.12. The first kappa shape index (κ1) is 12.9. The van der Waals surface area contributed by atoms with Crippen LogP contribution in [0.5, 0.6) is 0 Å². The molecule has 0 radical (unpaired) electrons. The van der Waals surface area contributed by atoms with Gasteiger partial charge in [0.25, 0.3) is 0 Å². The first-order chi connectivity index (χ1) is 7.97. The highest BCUT2D eigenvalue weighted by Gasteiger charge is 2.29. The molecule has 17 heavy (non-hydrogen) atoms. The van der Waals surface area contributed by atoms with Crippen LogP contribution < -0.4 is 0 Å². The molecule has 0 bridgehead atoms. The van der Waals surface area contributed by atoms with Crippen molar-refractivity contribution in [2.75, 3.05) is 26.2 Å². The Labute approximate surface area is 105 Å². The predicted molar refractivity (Wildman–Crippen MR) is 69.9 cm³/mol. The van der Waals surface area contributed by atoms with Crippen LogP contribution in [0.1, 0.15) is 46.5 Å². The van der Waals surface area contributed by atoms with E-state index in [2.05, 4.69) is 30.6 Å². The van der Waals surface area contributed by atoms with Crippen molar-refractivity contribution in [3.8, 4) is 0 Å². The number of piperidine rings is 1. The van der Waals surface area contributed by atoms with Crippen molar-refractivity contribution in [1.82, 2.24) is 9.80 Å². The van der Waals surface area contributed by atoms with E-state index >= 15 is 0 Å². The molecule has 0 unspecified atom stereocenters. The second kappa shape index (κ2) is 4.97. The third-order valence-electron chi connectivity index (χ3n) is 4.21. The minimum absolute atomic E-state index is 0.300. The van der Waals surface area contributed by atoms with Crippen molar-refractivity contribution in [2.45, 2.75) is 52.0 Å². The smallest absolute Gasteiger partial charge is 0.222 e. The van der Waals surface area contributed by atoms with E-state index in [4.69, 9.17) is 0 Å². The van der Waals surface area contributed by atoms with E-state index in [1.54, 1.807) is 0 Å². The maximum Gasteiger partial charge on any atom is 0.222 e. The molecule has 0 spiro atoms. The van der Waals surface area contributed by atoms with Crippen LogP contribution in [-0.4, -0.2) is 47.4 Å². The van der Waals surface area contributed by atoms with Gasteiger partial charge in [-0.25, -0.2) is 0 Å². The van der Waals surface area contributed by atoms with Gasteiger partial charge in [0.15, 0.2) is 0 Å². The number of hydrogen-bond donors (Lipinski definition) is 0. The highest BCUT2D eigenvalue weighted by molar-refractivity contribution is 5.78. The molecule has 0 N–H and O–H groups in total. The maximum absolute atomic E-state index is 11.6. The molecule has 2 aliphatic rings. The lowest BCUT2D eigenvalue weighted by atomic mass is 9.92. The Kier molecular flexibility index (Phi) is 3.76. The zero-order valence-corrected chi connectivity index (χ0v) is 11.5. The second-order valence-corrected chi connectivity index (χ2v) is 6.54. The van der Waals surface area contributed by atoms with Crippen molar-refractivity contribution >= 4 is 5.91 Å². The van der Waals surface area contributed by atoms with E-state index < -0.39 is 0 Å². The SMILES string of the molecule is CC(C)(C)N1CCC(CN2CCCC2=O)CC1. The Balaban J connectivity index is 1.77. The number of hydrogen-bond acceptors (Lipinski definition) is 2. The summed E-state index contributed by atoms with van der Waals surface area (Å²) >= 11 is 0. The molecule has 0 aromatic carbocycles. The third-order valence-corrected chi connectivity index (χ3v) is 4.21. The molecule has 2 saturated heterocycles. The first-order valence-electron chi connectivity index (χ1n) is 6.99. The minimum atomic E-state index is 0.300. The summed E-state index contributed by atoms with van der Waals surface area (Å²) in [5.74, 6) is 1.11. The van der Waals surface area contributed by atoms with Crippen molar-refractivity contribution in [2.24, 2.45) is 5.92 Å². The fourth-order valence-electron chi connectivity index (χ4n) is 3.00. The highest BCUT2D eigenvalue weighted by atomic mass is 16.2. The molecule has 0 aromatic heterocycles. The Morgan fingerprint density at radius 2 is 1.82 bits per heavy atom. The molecule has 2 rings (SSSR count). The van der Waals surface area contributed by atoms with Gasteiger partial charge in [0.05, 0.1) is 0 Å². The standard InChI is InChI=1S/C14H26N2O/c1-14(2,3)16-9-6-12(7-10-16)11-15-8-4-5-13(15)17/h12H,4-11H2,1-3H3. The van der Waals surface area contributed by atoms with Gasteiger partial charge < -0.3 is 4.90 Å². The summed E-state index contributed by atoms with van der Waals surface area (Å²) in [5.41, 5.74) is 0.300. The maximum atomic E-state index is 11.6. The summed E-state index contributed by atoms with van der Waals surface area (Å²) in [6, 6.07) is 0. The molecule has 0 aliphatic carbocycles. The Bertz CT molecular complexity index is 274. The molecule has 1 amide bonds. The van der Waals surface area contributed by atoms with Gasteiger partial charge in [0.2, 0.25) is 5.91 Å². The zero-order chi connectivity index (χ0) is 12.5. The molecule has 2 fully saturated rings. The number of carbonyl (C=O) groups excluding carboxylic acids is 1. The van der Waals surface area contributed by atoms with Gasteiger partial charge in [0, 0.05) is 25.0 Å². The molecule has 0 saturated carbocycles. The first-order valence-corrected chi connectivity index (χ1v) is 6.99. The summed E-state index contributed by atoms with van der Waals surface area (Å²) in [6.07, 6.45) is 4.35. The molecule has 2 aliphatic heterocycles. The highest BCUT2D eigenvalue weighted by Crippen LogP contribution is 2.25. The molecule has 2 heterocycles. The Morgan fingerprint density at radius 3 is 2.29 bits per heavy atom. The van der Waals surface area contributed by atoms with E-state index in [1.165, 1.54) is 25.9 Å². The molecule has 0 atom stereocenters. The molecular weight excluding hydrogens is 212 g/mol. The second-order valence-electron chi connectivity index (χ2n) is 6.54. The van der Waals surface area contributed by atoms with E-state index in [1.807, 2.05) is 0 Å². The van der Waals surface area contributed by atoms with E-state index in [0.717, 1.165) is 31.8 Å². The third kappa shape index (κ3) is 3.21. The molecule has 0 aromatic rings. The quantitative estimate of drug-likeness (QED) is 0.735. The summed E-state index contributed by atoms with van der Waals surface area (Å²) in [7, 11) is 0. The lowest BCUT2D eigenvalue weighted by molar-refractivity contribution is -0.128. The fourth-order valence-corrected chi connectivity index (χ4v) is 3.00.